The molecule has 3 aromatic rings. The molecule has 0 fully saturated rings. The summed E-state index contributed by atoms with van der Waals surface area (Å²) in [6.45, 7) is 0. The Morgan fingerprint density at radius 2 is 2.05 bits per heavy atom. The van der Waals surface area contributed by atoms with Crippen molar-refractivity contribution in [2.45, 2.75) is 0 Å². The molecule has 0 amide bonds. The average Bonchev–Trinajstić information content (AvgIpc) is 2.91. The normalized spacial score (nSPS) is 10.7. The van der Waals surface area contributed by atoms with E-state index in [0.717, 1.165) is 0 Å². The van der Waals surface area contributed by atoms with Crippen LogP contribution in [0.4, 0.5) is 0 Å². The van der Waals surface area contributed by atoms with Gasteiger partial charge in [0.1, 0.15) is 6.33 Å². The summed E-state index contributed by atoms with van der Waals surface area (Å²) < 4.78 is 6.29. The van der Waals surface area contributed by atoms with E-state index < -0.39 is 5.97 Å². The summed E-state index contributed by atoms with van der Waals surface area (Å²) in [4.78, 5) is 19.5. The first-order chi connectivity index (χ1) is 9.70. The Hall–Kier alpha value is -2.54. The van der Waals surface area contributed by atoms with Crippen molar-refractivity contribution in [3.05, 3.63) is 41.6 Å². The van der Waals surface area contributed by atoms with E-state index in [0.29, 0.717) is 27.6 Å². The molecule has 3 rings (SSSR count). The number of methoxy groups -OCH3 is 1. The van der Waals surface area contributed by atoms with Gasteiger partial charge < -0.3 is 4.74 Å². The summed E-state index contributed by atoms with van der Waals surface area (Å²) in [5.74, 6) is 0.00557. The largest absolute Gasteiger partial charge is 0.465 e. The average molecular weight is 290 g/mol. The second-order valence-corrected chi connectivity index (χ2v) is 4.32. The van der Waals surface area contributed by atoms with Crippen LogP contribution in [-0.4, -0.2) is 37.6 Å². The molecule has 0 atom stereocenters. The monoisotopic (exact) mass is 289 g/mol. The van der Waals surface area contributed by atoms with Gasteiger partial charge >= 0.3 is 5.97 Å². The Bertz CT molecular complexity index is 787. The predicted molar refractivity (Wildman–Crippen MR) is 70.4 cm³/mol. The van der Waals surface area contributed by atoms with Gasteiger partial charge in [0, 0.05) is 18.6 Å². The summed E-state index contributed by atoms with van der Waals surface area (Å²) in [5, 5.41) is 8.35. The molecule has 3 heterocycles. The van der Waals surface area contributed by atoms with Crippen molar-refractivity contribution < 1.29 is 9.53 Å². The van der Waals surface area contributed by atoms with Gasteiger partial charge in [-0.25, -0.2) is 14.8 Å². The minimum atomic E-state index is -0.488. The Balaban J connectivity index is 2.25. The zero-order valence-corrected chi connectivity index (χ0v) is 11.1. The summed E-state index contributed by atoms with van der Waals surface area (Å²) in [6.07, 6.45) is 6.18. The van der Waals surface area contributed by atoms with Gasteiger partial charge in [-0.3, -0.25) is 4.40 Å². The zero-order valence-electron chi connectivity index (χ0n) is 10.3. The summed E-state index contributed by atoms with van der Waals surface area (Å²) in [5.41, 5.74) is 1.42. The van der Waals surface area contributed by atoms with Crippen LogP contribution in [0.25, 0.3) is 17.0 Å². The number of aromatic nitrogens is 5. The van der Waals surface area contributed by atoms with Crippen LogP contribution in [0, 0.1) is 0 Å². The van der Waals surface area contributed by atoms with E-state index in [1.165, 1.54) is 19.5 Å². The standard InChI is InChI=1S/C12H8ClN5O2/c1-20-12(19)7-2-9(13)11-17-16-10(18(11)5-7)8-3-14-6-15-4-8/h2-6H,1H3. The molecule has 20 heavy (non-hydrogen) atoms. The third kappa shape index (κ3) is 1.97. The number of hydrogen-bond acceptors (Lipinski definition) is 6. The molecule has 0 spiro atoms. The highest BCUT2D eigenvalue weighted by Gasteiger charge is 2.15. The Morgan fingerprint density at radius 3 is 2.75 bits per heavy atom. The van der Waals surface area contributed by atoms with Gasteiger partial charge in [0.25, 0.3) is 0 Å². The van der Waals surface area contributed by atoms with E-state index in [9.17, 15) is 4.79 Å². The SMILES string of the molecule is COC(=O)c1cc(Cl)c2nnc(-c3cncnc3)n2c1. The second-order valence-electron chi connectivity index (χ2n) is 3.91. The molecule has 0 bridgehead atoms. The number of esters is 1. The van der Waals surface area contributed by atoms with Crippen molar-refractivity contribution in [1.82, 2.24) is 24.6 Å². The van der Waals surface area contributed by atoms with E-state index >= 15 is 0 Å². The molecule has 0 saturated heterocycles. The fraction of sp³-hybridized carbons (Fsp3) is 0.0833. The fourth-order valence-corrected chi connectivity index (χ4v) is 2.04. The molecule has 0 N–H and O–H groups in total. The maximum Gasteiger partial charge on any atom is 0.339 e. The fourth-order valence-electron chi connectivity index (χ4n) is 1.79. The molecule has 0 unspecified atom stereocenters. The maximum atomic E-state index is 11.6. The lowest BCUT2D eigenvalue weighted by Crippen LogP contribution is -2.04. The summed E-state index contributed by atoms with van der Waals surface area (Å²) in [7, 11) is 1.30. The molecular weight excluding hydrogens is 282 g/mol. The summed E-state index contributed by atoms with van der Waals surface area (Å²) in [6, 6.07) is 1.49. The first kappa shape index (κ1) is 12.5. The molecule has 0 aliphatic carbocycles. The van der Waals surface area contributed by atoms with E-state index in [1.54, 1.807) is 23.0 Å². The Morgan fingerprint density at radius 1 is 1.30 bits per heavy atom. The minimum Gasteiger partial charge on any atom is -0.465 e. The molecule has 8 heteroatoms. The van der Waals surface area contributed by atoms with Gasteiger partial charge in [0.15, 0.2) is 11.5 Å². The molecule has 0 aliphatic heterocycles. The van der Waals surface area contributed by atoms with Gasteiger partial charge in [-0.1, -0.05) is 11.6 Å². The molecule has 3 aromatic heterocycles. The first-order valence-electron chi connectivity index (χ1n) is 5.58. The van der Waals surface area contributed by atoms with Crippen LogP contribution in [0.15, 0.2) is 31.0 Å². The number of fused-ring (bicyclic) bond motifs is 1. The smallest absolute Gasteiger partial charge is 0.339 e. The lowest BCUT2D eigenvalue weighted by Gasteiger charge is -2.04. The number of carbonyl (C=O) groups excluding carboxylic acids is 1. The van der Waals surface area contributed by atoms with Gasteiger partial charge in [-0.05, 0) is 6.07 Å². The Labute approximate surface area is 118 Å². The number of hydrogen-bond donors (Lipinski definition) is 0. The molecule has 0 aromatic carbocycles. The molecule has 0 aliphatic rings. The van der Waals surface area contributed by atoms with Crippen molar-refractivity contribution in [3.8, 4) is 11.4 Å². The van der Waals surface area contributed by atoms with Crippen LogP contribution in [0.5, 0.6) is 0 Å². The number of rotatable bonds is 2. The molecule has 100 valence electrons. The van der Waals surface area contributed by atoms with Crippen molar-refractivity contribution in [3.63, 3.8) is 0 Å². The number of nitrogens with zero attached hydrogens (tertiary/aromatic N) is 5. The maximum absolute atomic E-state index is 11.6. The second kappa shape index (κ2) is 4.86. The van der Waals surface area contributed by atoms with Crippen LogP contribution < -0.4 is 0 Å². The van der Waals surface area contributed by atoms with Gasteiger partial charge in [-0.2, -0.15) is 0 Å². The van der Waals surface area contributed by atoms with Crippen molar-refractivity contribution >= 4 is 23.2 Å². The lowest BCUT2D eigenvalue weighted by atomic mass is 10.2. The number of pyridine rings is 1. The van der Waals surface area contributed by atoms with E-state index in [2.05, 4.69) is 24.9 Å². The lowest BCUT2D eigenvalue weighted by molar-refractivity contribution is 0.0600. The van der Waals surface area contributed by atoms with Crippen molar-refractivity contribution in [1.29, 1.82) is 0 Å². The van der Waals surface area contributed by atoms with E-state index in [4.69, 9.17) is 11.6 Å². The van der Waals surface area contributed by atoms with E-state index in [-0.39, 0.29) is 0 Å². The minimum absolute atomic E-state index is 0.308. The van der Waals surface area contributed by atoms with Crippen LogP contribution in [0.2, 0.25) is 5.02 Å². The van der Waals surface area contributed by atoms with Crippen LogP contribution in [0.3, 0.4) is 0 Å². The van der Waals surface area contributed by atoms with Gasteiger partial charge in [0.05, 0.1) is 23.3 Å². The quantitative estimate of drug-likeness (QED) is 0.667. The van der Waals surface area contributed by atoms with Crippen molar-refractivity contribution in [2.24, 2.45) is 0 Å². The van der Waals surface area contributed by atoms with Crippen LogP contribution >= 0.6 is 11.6 Å². The Kier molecular flexibility index (Phi) is 3.03. The molecule has 0 saturated carbocycles. The van der Waals surface area contributed by atoms with E-state index in [1.807, 2.05) is 0 Å². The zero-order chi connectivity index (χ0) is 14.1. The number of ether oxygens (including phenoxy) is 1. The van der Waals surface area contributed by atoms with Gasteiger partial charge in [-0.15, -0.1) is 10.2 Å². The predicted octanol–water partition coefficient (Wildman–Crippen LogP) is 1.63. The van der Waals surface area contributed by atoms with Crippen LogP contribution in [0.1, 0.15) is 10.4 Å². The van der Waals surface area contributed by atoms with Gasteiger partial charge in [0.2, 0.25) is 0 Å². The third-order valence-electron chi connectivity index (χ3n) is 2.70. The van der Waals surface area contributed by atoms with Crippen LogP contribution in [-0.2, 0) is 4.74 Å². The molecular formula is C12H8ClN5O2. The highest BCUT2D eigenvalue weighted by atomic mass is 35.5. The van der Waals surface area contributed by atoms with Crippen molar-refractivity contribution in [2.75, 3.05) is 7.11 Å². The molecule has 7 nitrogen and oxygen atoms in total. The topological polar surface area (TPSA) is 82.3 Å². The third-order valence-corrected chi connectivity index (χ3v) is 2.98. The number of halogens is 1. The first-order valence-corrected chi connectivity index (χ1v) is 5.96. The number of carbonyl (C=O) groups is 1. The summed E-state index contributed by atoms with van der Waals surface area (Å²) >= 11 is 6.10. The highest BCUT2D eigenvalue weighted by molar-refractivity contribution is 6.33. The highest BCUT2D eigenvalue weighted by Crippen LogP contribution is 2.23. The molecule has 0 radical (unpaired) electrons.